The summed E-state index contributed by atoms with van der Waals surface area (Å²) >= 11 is 0. The molecule has 2 heteroatoms. The smallest absolute Gasteiger partial charge is 0.303 e. The fourth-order valence-corrected chi connectivity index (χ4v) is 4.47. The van der Waals surface area contributed by atoms with Gasteiger partial charge in [0, 0.05) is 11.8 Å². The summed E-state index contributed by atoms with van der Waals surface area (Å²) in [4.78, 5) is 10.6. The zero-order chi connectivity index (χ0) is 21.1. The van der Waals surface area contributed by atoms with Crippen LogP contribution in [0.4, 0.5) is 0 Å². The monoisotopic (exact) mass is 400 g/mol. The van der Waals surface area contributed by atoms with Crippen LogP contribution in [0, 0.1) is 0 Å². The van der Waals surface area contributed by atoms with E-state index in [-0.39, 0.29) is 5.41 Å². The van der Waals surface area contributed by atoms with Crippen LogP contribution in [0.2, 0.25) is 0 Å². The Hall–Kier alpha value is -2.87. The third kappa shape index (κ3) is 5.60. The molecule has 0 amide bonds. The van der Waals surface area contributed by atoms with Gasteiger partial charge in [-0.1, -0.05) is 123 Å². The minimum Gasteiger partial charge on any atom is -0.481 e. The Balaban J connectivity index is 1.79. The molecular formula is C28H32O2. The summed E-state index contributed by atoms with van der Waals surface area (Å²) < 4.78 is 0. The number of hydrogen-bond donors (Lipinski definition) is 1. The summed E-state index contributed by atoms with van der Waals surface area (Å²) in [6.07, 6.45) is 7.72. The van der Waals surface area contributed by atoms with E-state index in [1.807, 2.05) is 0 Å². The van der Waals surface area contributed by atoms with E-state index in [1.54, 1.807) is 0 Å². The summed E-state index contributed by atoms with van der Waals surface area (Å²) in [6, 6.07) is 32.6. The second-order valence-electron chi connectivity index (χ2n) is 8.02. The van der Waals surface area contributed by atoms with Crippen molar-refractivity contribution in [1.29, 1.82) is 0 Å². The minimum absolute atomic E-state index is 0.160. The quantitative estimate of drug-likeness (QED) is 0.257. The number of hydrogen-bond acceptors (Lipinski definition) is 1. The van der Waals surface area contributed by atoms with Crippen LogP contribution in [-0.2, 0) is 10.2 Å². The van der Waals surface area contributed by atoms with Gasteiger partial charge < -0.3 is 5.11 Å². The molecule has 0 heterocycles. The summed E-state index contributed by atoms with van der Waals surface area (Å²) in [5.41, 5.74) is 3.85. The fourth-order valence-electron chi connectivity index (χ4n) is 4.47. The number of carboxylic acid groups (broad SMARTS) is 1. The molecule has 30 heavy (non-hydrogen) atoms. The standard InChI is InChI=1S/C28H32O2/c29-27(30)22-14-3-1-2-4-15-23-28(24-16-8-5-9-17-24,25-18-10-6-11-19-25)26-20-12-7-13-21-26/h5-13,16-21H,1-4,14-15,22-23H2,(H,29,30). The van der Waals surface area contributed by atoms with E-state index in [4.69, 9.17) is 5.11 Å². The van der Waals surface area contributed by atoms with Gasteiger partial charge in [-0.05, 0) is 29.5 Å². The Labute approximate surface area is 180 Å². The number of unbranched alkanes of at least 4 members (excludes halogenated alkanes) is 5. The van der Waals surface area contributed by atoms with Crippen molar-refractivity contribution in [3.8, 4) is 0 Å². The predicted octanol–water partition coefficient (Wildman–Crippen LogP) is 7.23. The van der Waals surface area contributed by atoms with Gasteiger partial charge in [-0.15, -0.1) is 0 Å². The van der Waals surface area contributed by atoms with Crippen molar-refractivity contribution >= 4 is 5.97 Å². The zero-order valence-corrected chi connectivity index (χ0v) is 17.7. The maximum absolute atomic E-state index is 10.6. The topological polar surface area (TPSA) is 37.3 Å². The molecule has 0 radical (unpaired) electrons. The molecule has 0 bridgehead atoms. The summed E-state index contributed by atoms with van der Waals surface area (Å²) in [6.45, 7) is 0. The highest BCUT2D eigenvalue weighted by molar-refractivity contribution is 5.66. The van der Waals surface area contributed by atoms with E-state index in [9.17, 15) is 4.79 Å². The first-order valence-corrected chi connectivity index (χ1v) is 11.1. The first kappa shape index (κ1) is 21.8. The lowest BCUT2D eigenvalue weighted by Gasteiger charge is -2.36. The molecule has 0 atom stereocenters. The third-order valence-corrected chi connectivity index (χ3v) is 5.99. The first-order chi connectivity index (χ1) is 14.7. The molecule has 0 fully saturated rings. The van der Waals surface area contributed by atoms with E-state index < -0.39 is 5.97 Å². The molecule has 3 aromatic rings. The molecule has 0 saturated heterocycles. The van der Waals surface area contributed by atoms with Gasteiger partial charge >= 0.3 is 5.97 Å². The molecule has 0 aliphatic heterocycles. The molecular weight excluding hydrogens is 368 g/mol. The lowest BCUT2D eigenvalue weighted by Crippen LogP contribution is -2.29. The Kier molecular flexibility index (Phi) is 8.26. The van der Waals surface area contributed by atoms with E-state index >= 15 is 0 Å². The second-order valence-corrected chi connectivity index (χ2v) is 8.02. The Bertz CT molecular complexity index is 776. The number of rotatable bonds is 12. The number of carboxylic acids is 1. The Morgan fingerprint density at radius 2 is 0.933 bits per heavy atom. The second kappa shape index (κ2) is 11.3. The van der Waals surface area contributed by atoms with Crippen LogP contribution in [0.15, 0.2) is 91.0 Å². The summed E-state index contributed by atoms with van der Waals surface area (Å²) in [5, 5.41) is 8.77. The van der Waals surface area contributed by atoms with E-state index in [0.29, 0.717) is 6.42 Å². The molecule has 0 saturated carbocycles. The van der Waals surface area contributed by atoms with Gasteiger partial charge in [-0.2, -0.15) is 0 Å². The van der Waals surface area contributed by atoms with E-state index in [2.05, 4.69) is 91.0 Å². The van der Waals surface area contributed by atoms with Crippen molar-refractivity contribution in [2.45, 2.75) is 56.8 Å². The van der Waals surface area contributed by atoms with Crippen molar-refractivity contribution in [1.82, 2.24) is 0 Å². The lowest BCUT2D eigenvalue weighted by atomic mass is 9.66. The van der Waals surface area contributed by atoms with Gasteiger partial charge in [0.2, 0.25) is 0 Å². The highest BCUT2D eigenvalue weighted by Gasteiger charge is 2.35. The average Bonchev–Trinajstić information content (AvgIpc) is 2.80. The molecule has 2 nitrogen and oxygen atoms in total. The molecule has 0 spiro atoms. The molecule has 0 aliphatic rings. The summed E-state index contributed by atoms with van der Waals surface area (Å²) in [5.74, 6) is -0.687. The highest BCUT2D eigenvalue weighted by atomic mass is 16.4. The van der Waals surface area contributed by atoms with Gasteiger partial charge in [0.1, 0.15) is 0 Å². The third-order valence-electron chi connectivity index (χ3n) is 5.99. The van der Waals surface area contributed by atoms with Gasteiger partial charge in [0.05, 0.1) is 0 Å². The van der Waals surface area contributed by atoms with Crippen LogP contribution < -0.4 is 0 Å². The lowest BCUT2D eigenvalue weighted by molar-refractivity contribution is -0.137. The van der Waals surface area contributed by atoms with E-state index in [1.165, 1.54) is 23.1 Å². The van der Waals surface area contributed by atoms with Crippen LogP contribution in [0.3, 0.4) is 0 Å². The van der Waals surface area contributed by atoms with Crippen molar-refractivity contribution in [3.63, 3.8) is 0 Å². The largest absolute Gasteiger partial charge is 0.481 e. The Morgan fingerprint density at radius 1 is 0.567 bits per heavy atom. The van der Waals surface area contributed by atoms with Crippen LogP contribution >= 0.6 is 0 Å². The summed E-state index contributed by atoms with van der Waals surface area (Å²) in [7, 11) is 0. The molecule has 1 N–H and O–H groups in total. The van der Waals surface area contributed by atoms with Gasteiger partial charge in [0.15, 0.2) is 0 Å². The van der Waals surface area contributed by atoms with Crippen molar-refractivity contribution < 1.29 is 9.90 Å². The minimum atomic E-state index is -0.687. The number of carbonyl (C=O) groups is 1. The maximum Gasteiger partial charge on any atom is 0.303 e. The average molecular weight is 401 g/mol. The van der Waals surface area contributed by atoms with Gasteiger partial charge in [0.25, 0.3) is 0 Å². The molecule has 0 aromatic heterocycles. The van der Waals surface area contributed by atoms with Crippen molar-refractivity contribution in [2.24, 2.45) is 0 Å². The SMILES string of the molecule is O=C(O)CCCCCCCCC(c1ccccc1)(c1ccccc1)c1ccccc1. The zero-order valence-electron chi connectivity index (χ0n) is 17.7. The van der Waals surface area contributed by atoms with Crippen molar-refractivity contribution in [2.75, 3.05) is 0 Å². The fraction of sp³-hybridized carbons (Fsp3) is 0.321. The molecule has 0 unspecified atom stereocenters. The molecule has 3 rings (SSSR count). The maximum atomic E-state index is 10.6. The van der Waals surface area contributed by atoms with Gasteiger partial charge in [-0.3, -0.25) is 4.79 Å². The molecule has 0 aliphatic carbocycles. The van der Waals surface area contributed by atoms with Crippen LogP contribution in [0.5, 0.6) is 0 Å². The van der Waals surface area contributed by atoms with Gasteiger partial charge in [-0.25, -0.2) is 0 Å². The molecule has 3 aromatic carbocycles. The number of aliphatic carboxylic acids is 1. The Morgan fingerprint density at radius 3 is 1.33 bits per heavy atom. The van der Waals surface area contributed by atoms with Crippen LogP contribution in [-0.4, -0.2) is 11.1 Å². The molecule has 156 valence electrons. The normalized spacial score (nSPS) is 11.3. The van der Waals surface area contributed by atoms with E-state index in [0.717, 1.165) is 38.5 Å². The van der Waals surface area contributed by atoms with Crippen LogP contribution in [0.25, 0.3) is 0 Å². The predicted molar refractivity (Wildman–Crippen MR) is 124 cm³/mol. The van der Waals surface area contributed by atoms with Crippen LogP contribution in [0.1, 0.15) is 68.1 Å². The van der Waals surface area contributed by atoms with Crippen molar-refractivity contribution in [3.05, 3.63) is 108 Å². The first-order valence-electron chi connectivity index (χ1n) is 11.1. The highest BCUT2D eigenvalue weighted by Crippen LogP contribution is 2.43. The number of benzene rings is 3.